The summed E-state index contributed by atoms with van der Waals surface area (Å²) in [6.45, 7) is 0.375. The lowest BCUT2D eigenvalue weighted by Gasteiger charge is -2.24. The second-order valence-corrected chi connectivity index (χ2v) is 6.79. The zero-order valence-corrected chi connectivity index (χ0v) is 11.9. The minimum atomic E-state index is -3.40. The molecule has 0 aliphatic heterocycles. The third-order valence-corrected chi connectivity index (χ3v) is 5.06. The number of benzene rings is 1. The van der Waals surface area contributed by atoms with Crippen LogP contribution in [-0.4, -0.2) is 32.4 Å². The van der Waals surface area contributed by atoms with Crippen LogP contribution in [0.25, 0.3) is 6.08 Å². The largest absolute Gasteiger partial charge is 0.329 e. The molecule has 19 heavy (non-hydrogen) atoms. The Bertz CT molecular complexity index is 536. The van der Waals surface area contributed by atoms with E-state index in [-0.39, 0.29) is 6.04 Å². The summed E-state index contributed by atoms with van der Waals surface area (Å²) in [6.07, 6.45) is 3.76. The van der Waals surface area contributed by atoms with E-state index in [1.165, 1.54) is 9.71 Å². The molecule has 0 bridgehead atoms. The Morgan fingerprint density at radius 2 is 2.00 bits per heavy atom. The molecule has 4 nitrogen and oxygen atoms in total. The summed E-state index contributed by atoms with van der Waals surface area (Å²) in [5, 5.41) is 1.26. The third kappa shape index (κ3) is 3.65. The van der Waals surface area contributed by atoms with Crippen molar-refractivity contribution in [1.29, 1.82) is 0 Å². The highest BCUT2D eigenvalue weighted by molar-refractivity contribution is 7.92. The van der Waals surface area contributed by atoms with Crippen LogP contribution in [0.15, 0.2) is 35.7 Å². The van der Waals surface area contributed by atoms with E-state index in [2.05, 4.69) is 0 Å². The van der Waals surface area contributed by atoms with E-state index < -0.39 is 10.0 Å². The van der Waals surface area contributed by atoms with Crippen molar-refractivity contribution in [3.63, 3.8) is 0 Å². The Kier molecular flexibility index (Phi) is 4.39. The standard InChI is InChI=1S/C14H20N2O2S/c1-16(14(11-15)13-7-8-13)19(17,18)10-9-12-5-3-2-4-6-12/h2-6,9-10,13-14H,7-8,11,15H2,1H3/b10-9+. The molecule has 2 rings (SSSR count). The van der Waals surface area contributed by atoms with Gasteiger partial charge >= 0.3 is 0 Å². The molecular formula is C14H20N2O2S. The van der Waals surface area contributed by atoms with Gasteiger partial charge in [0.1, 0.15) is 0 Å². The highest BCUT2D eigenvalue weighted by Crippen LogP contribution is 2.35. The van der Waals surface area contributed by atoms with E-state index in [4.69, 9.17) is 5.73 Å². The maximum absolute atomic E-state index is 12.2. The van der Waals surface area contributed by atoms with Crippen molar-refractivity contribution in [1.82, 2.24) is 4.31 Å². The first-order valence-corrected chi connectivity index (χ1v) is 7.96. The molecule has 1 aromatic carbocycles. The highest BCUT2D eigenvalue weighted by atomic mass is 32.2. The first kappa shape index (κ1) is 14.2. The van der Waals surface area contributed by atoms with Gasteiger partial charge < -0.3 is 5.73 Å². The van der Waals surface area contributed by atoms with Crippen LogP contribution in [0.4, 0.5) is 0 Å². The number of nitrogens with zero attached hydrogens (tertiary/aromatic N) is 1. The maximum Gasteiger partial charge on any atom is 0.236 e. The lowest BCUT2D eigenvalue weighted by molar-refractivity contribution is 0.344. The van der Waals surface area contributed by atoms with Gasteiger partial charge in [0.25, 0.3) is 0 Å². The Morgan fingerprint density at radius 3 is 2.53 bits per heavy atom. The second kappa shape index (κ2) is 5.86. The van der Waals surface area contributed by atoms with Crippen molar-refractivity contribution in [2.24, 2.45) is 11.7 Å². The van der Waals surface area contributed by atoms with E-state index in [0.717, 1.165) is 18.4 Å². The van der Waals surface area contributed by atoms with Crippen molar-refractivity contribution >= 4 is 16.1 Å². The van der Waals surface area contributed by atoms with Crippen molar-refractivity contribution < 1.29 is 8.42 Å². The molecule has 1 atom stereocenters. The summed E-state index contributed by atoms with van der Waals surface area (Å²) in [5.41, 5.74) is 6.56. The van der Waals surface area contributed by atoms with Crippen LogP contribution < -0.4 is 5.73 Å². The summed E-state index contributed by atoms with van der Waals surface area (Å²) in [6, 6.07) is 9.31. The first-order valence-electron chi connectivity index (χ1n) is 6.46. The number of sulfonamides is 1. The van der Waals surface area contributed by atoms with Crippen molar-refractivity contribution in [2.45, 2.75) is 18.9 Å². The number of hydrogen-bond acceptors (Lipinski definition) is 3. The summed E-state index contributed by atoms with van der Waals surface area (Å²) >= 11 is 0. The molecule has 0 amide bonds. The van der Waals surface area contributed by atoms with Gasteiger partial charge in [-0.3, -0.25) is 0 Å². The van der Waals surface area contributed by atoms with E-state index in [1.807, 2.05) is 30.3 Å². The van der Waals surface area contributed by atoms with E-state index in [1.54, 1.807) is 13.1 Å². The molecule has 1 unspecified atom stereocenters. The quantitative estimate of drug-likeness (QED) is 0.862. The average molecular weight is 280 g/mol. The third-order valence-electron chi connectivity index (χ3n) is 3.51. The SMILES string of the molecule is CN(C(CN)C1CC1)S(=O)(=O)/C=C/c1ccccc1. The Hall–Kier alpha value is -1.17. The minimum absolute atomic E-state index is 0.0783. The van der Waals surface area contributed by atoms with Gasteiger partial charge in [0, 0.05) is 25.0 Å². The van der Waals surface area contributed by atoms with Gasteiger partial charge in [-0.2, -0.15) is 4.31 Å². The number of rotatable bonds is 6. The topological polar surface area (TPSA) is 63.4 Å². The fraction of sp³-hybridized carbons (Fsp3) is 0.429. The molecule has 1 aliphatic rings. The molecule has 1 fully saturated rings. The molecule has 0 aromatic heterocycles. The molecule has 5 heteroatoms. The summed E-state index contributed by atoms with van der Waals surface area (Å²) in [4.78, 5) is 0. The zero-order chi connectivity index (χ0) is 13.9. The van der Waals surface area contributed by atoms with Crippen LogP contribution in [0.3, 0.4) is 0 Å². The van der Waals surface area contributed by atoms with E-state index in [9.17, 15) is 8.42 Å². The molecule has 2 N–H and O–H groups in total. The summed E-state index contributed by atoms with van der Waals surface area (Å²) in [5.74, 6) is 0.426. The monoisotopic (exact) mass is 280 g/mol. The highest BCUT2D eigenvalue weighted by Gasteiger charge is 2.36. The Balaban J connectivity index is 2.11. The summed E-state index contributed by atoms with van der Waals surface area (Å²) in [7, 11) is -1.79. The molecule has 1 aliphatic carbocycles. The lowest BCUT2D eigenvalue weighted by Crippen LogP contribution is -2.42. The van der Waals surface area contributed by atoms with E-state index in [0.29, 0.717) is 12.5 Å². The molecular weight excluding hydrogens is 260 g/mol. The predicted octanol–water partition coefficient (Wildman–Crippen LogP) is 1.66. The second-order valence-electron chi connectivity index (χ2n) is 4.92. The average Bonchev–Trinajstić information content (AvgIpc) is 3.23. The van der Waals surface area contributed by atoms with Gasteiger partial charge in [0.15, 0.2) is 0 Å². The van der Waals surface area contributed by atoms with Crippen LogP contribution in [0.5, 0.6) is 0 Å². The minimum Gasteiger partial charge on any atom is -0.329 e. The van der Waals surface area contributed by atoms with Crippen LogP contribution >= 0.6 is 0 Å². The van der Waals surface area contributed by atoms with E-state index >= 15 is 0 Å². The van der Waals surface area contributed by atoms with Crippen LogP contribution in [-0.2, 0) is 10.0 Å². The van der Waals surface area contributed by atoms with Gasteiger partial charge in [0.2, 0.25) is 10.0 Å². The van der Waals surface area contributed by atoms with Crippen LogP contribution in [0.1, 0.15) is 18.4 Å². The molecule has 0 radical (unpaired) electrons. The van der Waals surface area contributed by atoms with Gasteiger partial charge in [-0.1, -0.05) is 30.3 Å². The van der Waals surface area contributed by atoms with Crippen LogP contribution in [0.2, 0.25) is 0 Å². The fourth-order valence-electron chi connectivity index (χ4n) is 2.13. The van der Waals surface area contributed by atoms with Gasteiger partial charge in [-0.05, 0) is 30.4 Å². The maximum atomic E-state index is 12.2. The number of nitrogens with two attached hydrogens (primary N) is 1. The molecule has 0 heterocycles. The summed E-state index contributed by atoms with van der Waals surface area (Å²) < 4.78 is 25.8. The fourth-order valence-corrected chi connectivity index (χ4v) is 3.29. The first-order chi connectivity index (χ1) is 9.04. The van der Waals surface area contributed by atoms with Crippen molar-refractivity contribution in [3.8, 4) is 0 Å². The smallest absolute Gasteiger partial charge is 0.236 e. The normalized spacial score (nSPS) is 18.1. The molecule has 1 aromatic rings. The Morgan fingerprint density at radius 1 is 1.37 bits per heavy atom. The molecule has 1 saturated carbocycles. The van der Waals surface area contributed by atoms with Crippen molar-refractivity contribution in [2.75, 3.05) is 13.6 Å². The number of likely N-dealkylation sites (N-methyl/N-ethyl adjacent to an activating group) is 1. The lowest BCUT2D eigenvalue weighted by atomic mass is 10.2. The Labute approximate surface area is 115 Å². The molecule has 0 saturated heterocycles. The number of hydrogen-bond donors (Lipinski definition) is 1. The van der Waals surface area contributed by atoms with Gasteiger partial charge in [-0.25, -0.2) is 8.42 Å². The van der Waals surface area contributed by atoms with Gasteiger partial charge in [-0.15, -0.1) is 0 Å². The molecule has 0 spiro atoms. The molecule has 104 valence electrons. The van der Waals surface area contributed by atoms with Crippen molar-refractivity contribution in [3.05, 3.63) is 41.3 Å². The van der Waals surface area contributed by atoms with Crippen LogP contribution in [0, 0.1) is 5.92 Å². The zero-order valence-electron chi connectivity index (χ0n) is 11.1. The van der Waals surface area contributed by atoms with Gasteiger partial charge in [0.05, 0.1) is 0 Å². The predicted molar refractivity (Wildman–Crippen MR) is 77.7 cm³/mol.